The van der Waals surface area contributed by atoms with Gasteiger partial charge >= 0.3 is 0 Å². The fraction of sp³-hybridized carbons (Fsp3) is 0.375. The maximum absolute atomic E-state index is 13.3. The molecule has 31 heavy (non-hydrogen) atoms. The van der Waals surface area contributed by atoms with Crippen LogP contribution in [-0.4, -0.2) is 45.7 Å². The highest BCUT2D eigenvalue weighted by Gasteiger charge is 2.20. The van der Waals surface area contributed by atoms with E-state index >= 15 is 0 Å². The minimum absolute atomic E-state index is 0.0397. The zero-order valence-electron chi connectivity index (χ0n) is 17.7. The molecule has 0 saturated carbocycles. The summed E-state index contributed by atoms with van der Waals surface area (Å²) in [4.78, 5) is 32.5. The molecule has 0 unspecified atom stereocenters. The van der Waals surface area contributed by atoms with E-state index in [1.54, 1.807) is 34.8 Å². The summed E-state index contributed by atoms with van der Waals surface area (Å²) in [5, 5.41) is 10.1. The van der Waals surface area contributed by atoms with Crippen LogP contribution in [0, 0.1) is 0 Å². The van der Waals surface area contributed by atoms with Crippen LogP contribution in [0.1, 0.15) is 41.0 Å². The predicted octanol–water partition coefficient (Wildman–Crippen LogP) is 2.77. The van der Waals surface area contributed by atoms with Crippen LogP contribution in [-0.2, 0) is 19.5 Å². The topological polar surface area (TPSA) is 84.7 Å². The average molecular weight is 421 g/mol. The quantitative estimate of drug-likeness (QED) is 0.662. The number of hydrogen-bond acceptors (Lipinski definition) is 5. The van der Waals surface area contributed by atoms with Crippen molar-refractivity contribution in [1.82, 2.24) is 14.5 Å². The lowest BCUT2D eigenvalue weighted by Gasteiger charge is -2.23. The number of ether oxygens (including phenoxy) is 1. The maximum Gasteiger partial charge on any atom is 0.261 e. The molecular weight excluding hydrogens is 394 g/mol. The number of carbonyl (C=O) groups excluding carboxylic acids is 1. The number of benzene rings is 2. The molecule has 3 aromatic rings. The van der Waals surface area contributed by atoms with E-state index in [0.717, 1.165) is 37.1 Å². The third-order valence-corrected chi connectivity index (χ3v) is 5.77. The van der Waals surface area contributed by atoms with Crippen molar-refractivity contribution in [3.63, 3.8) is 0 Å². The van der Waals surface area contributed by atoms with Crippen LogP contribution in [0.25, 0.3) is 10.9 Å². The number of fused-ring (bicyclic) bond motifs is 2. The Balaban J connectivity index is 1.68. The molecule has 1 aliphatic rings. The van der Waals surface area contributed by atoms with Gasteiger partial charge in [0, 0.05) is 37.2 Å². The van der Waals surface area contributed by atoms with Gasteiger partial charge in [0.1, 0.15) is 11.6 Å². The van der Waals surface area contributed by atoms with Gasteiger partial charge in [-0.25, -0.2) is 4.98 Å². The Labute approximate surface area is 180 Å². The molecule has 1 N–H and O–H groups in total. The molecule has 0 bridgehead atoms. The number of aryl methyl sites for hydroxylation is 1. The standard InChI is InChI=1S/C24H27N3O4/c1-31-21-8-5-4-7-18(21)16-26(13-14-28)23(29)17-10-11-19-20(15-17)25-22-9-3-2-6-12-27(22)24(19)30/h4-5,7-8,10-11,15,28H,2-3,6,9,12-14,16H2,1H3. The monoisotopic (exact) mass is 421 g/mol. The van der Waals surface area contributed by atoms with E-state index in [0.29, 0.717) is 35.3 Å². The summed E-state index contributed by atoms with van der Waals surface area (Å²) in [5.41, 5.74) is 1.81. The summed E-state index contributed by atoms with van der Waals surface area (Å²) >= 11 is 0. The molecule has 2 heterocycles. The van der Waals surface area contributed by atoms with Gasteiger partial charge in [0.25, 0.3) is 11.5 Å². The first-order valence-corrected chi connectivity index (χ1v) is 10.7. The zero-order valence-corrected chi connectivity index (χ0v) is 17.7. The molecule has 4 rings (SSSR count). The lowest BCUT2D eigenvalue weighted by atomic mass is 10.1. The van der Waals surface area contributed by atoms with E-state index in [2.05, 4.69) is 0 Å². The summed E-state index contributed by atoms with van der Waals surface area (Å²) < 4.78 is 7.17. The molecule has 7 nitrogen and oxygen atoms in total. The fourth-order valence-electron chi connectivity index (χ4n) is 4.15. The van der Waals surface area contributed by atoms with E-state index in [4.69, 9.17) is 9.72 Å². The third kappa shape index (κ3) is 4.32. The number of rotatable bonds is 6. The normalized spacial score (nSPS) is 13.5. The van der Waals surface area contributed by atoms with Crippen molar-refractivity contribution < 1.29 is 14.6 Å². The molecule has 1 aliphatic heterocycles. The third-order valence-electron chi connectivity index (χ3n) is 5.77. The fourth-order valence-corrected chi connectivity index (χ4v) is 4.15. The lowest BCUT2D eigenvalue weighted by Crippen LogP contribution is -2.33. The molecule has 7 heteroatoms. The van der Waals surface area contributed by atoms with E-state index in [-0.39, 0.29) is 24.6 Å². The van der Waals surface area contributed by atoms with Crippen LogP contribution in [0.2, 0.25) is 0 Å². The van der Waals surface area contributed by atoms with Gasteiger partial charge in [0.2, 0.25) is 0 Å². The molecule has 0 saturated heterocycles. The summed E-state index contributed by atoms with van der Waals surface area (Å²) in [5.74, 6) is 1.26. The molecule has 0 atom stereocenters. The first-order valence-electron chi connectivity index (χ1n) is 10.7. The molecule has 0 radical (unpaired) electrons. The Hall–Kier alpha value is -3.19. The van der Waals surface area contributed by atoms with E-state index in [1.165, 1.54) is 0 Å². The van der Waals surface area contributed by atoms with Gasteiger partial charge in [-0.1, -0.05) is 24.6 Å². The van der Waals surface area contributed by atoms with Crippen LogP contribution in [0.4, 0.5) is 0 Å². The second-order valence-electron chi connectivity index (χ2n) is 7.79. The largest absolute Gasteiger partial charge is 0.496 e. The number of aromatic nitrogens is 2. The molecule has 1 aromatic heterocycles. The van der Waals surface area contributed by atoms with Crippen LogP contribution < -0.4 is 10.3 Å². The van der Waals surface area contributed by atoms with E-state index in [9.17, 15) is 14.7 Å². The molecule has 0 fully saturated rings. The SMILES string of the molecule is COc1ccccc1CN(CCO)C(=O)c1ccc2c(=O)n3c(nc2c1)CCCCC3. The van der Waals surface area contributed by atoms with Crippen LogP contribution >= 0.6 is 0 Å². The number of nitrogens with zero attached hydrogens (tertiary/aromatic N) is 3. The van der Waals surface area contributed by atoms with Gasteiger partial charge in [0.15, 0.2) is 0 Å². The van der Waals surface area contributed by atoms with Gasteiger partial charge in [-0.05, 0) is 37.1 Å². The summed E-state index contributed by atoms with van der Waals surface area (Å²) in [6.45, 7) is 1.04. The Kier molecular flexibility index (Phi) is 6.32. The Morgan fingerprint density at radius 3 is 2.84 bits per heavy atom. The second-order valence-corrected chi connectivity index (χ2v) is 7.79. The molecule has 2 aromatic carbocycles. The van der Waals surface area contributed by atoms with Gasteiger partial charge < -0.3 is 14.7 Å². The minimum Gasteiger partial charge on any atom is -0.496 e. The van der Waals surface area contributed by atoms with E-state index < -0.39 is 0 Å². The summed E-state index contributed by atoms with van der Waals surface area (Å²) in [6.07, 6.45) is 3.85. The van der Waals surface area contributed by atoms with Crippen LogP contribution in [0.5, 0.6) is 5.75 Å². The van der Waals surface area contributed by atoms with Crippen molar-refractivity contribution in [2.75, 3.05) is 20.3 Å². The Bertz CT molecular complexity index is 1160. The highest BCUT2D eigenvalue weighted by molar-refractivity contribution is 5.97. The van der Waals surface area contributed by atoms with Gasteiger partial charge in [-0.15, -0.1) is 0 Å². The van der Waals surface area contributed by atoms with Gasteiger partial charge in [-0.3, -0.25) is 14.2 Å². The second kappa shape index (κ2) is 9.31. The lowest BCUT2D eigenvalue weighted by molar-refractivity contribution is 0.0706. The molecule has 0 spiro atoms. The summed E-state index contributed by atoms with van der Waals surface area (Å²) in [6, 6.07) is 12.6. The molecule has 1 amide bonds. The minimum atomic E-state index is -0.223. The smallest absolute Gasteiger partial charge is 0.261 e. The van der Waals surface area contributed by atoms with Crippen molar-refractivity contribution in [3.05, 3.63) is 69.8 Å². The number of hydrogen-bond donors (Lipinski definition) is 1. The highest BCUT2D eigenvalue weighted by atomic mass is 16.5. The van der Waals surface area contributed by atoms with Crippen LogP contribution in [0.3, 0.4) is 0 Å². The zero-order chi connectivity index (χ0) is 21.8. The Morgan fingerprint density at radius 1 is 1.19 bits per heavy atom. The van der Waals surface area contributed by atoms with Gasteiger partial charge in [0.05, 0.1) is 24.6 Å². The number of aliphatic hydroxyl groups excluding tert-OH is 1. The Morgan fingerprint density at radius 2 is 2.03 bits per heavy atom. The molecule has 162 valence electrons. The van der Waals surface area contributed by atoms with Crippen molar-refractivity contribution in [2.24, 2.45) is 0 Å². The summed E-state index contributed by atoms with van der Waals surface area (Å²) in [7, 11) is 1.59. The number of amides is 1. The number of aliphatic hydroxyl groups is 1. The van der Waals surface area contributed by atoms with Crippen molar-refractivity contribution in [3.8, 4) is 5.75 Å². The van der Waals surface area contributed by atoms with E-state index in [1.807, 2.05) is 24.3 Å². The number of para-hydroxylation sites is 1. The molecule has 0 aliphatic carbocycles. The van der Waals surface area contributed by atoms with Crippen molar-refractivity contribution in [1.29, 1.82) is 0 Å². The van der Waals surface area contributed by atoms with Crippen LogP contribution in [0.15, 0.2) is 47.3 Å². The van der Waals surface area contributed by atoms with Crippen molar-refractivity contribution >= 4 is 16.8 Å². The maximum atomic E-state index is 13.3. The first-order chi connectivity index (χ1) is 15.1. The van der Waals surface area contributed by atoms with Gasteiger partial charge in [-0.2, -0.15) is 0 Å². The number of methoxy groups -OCH3 is 1. The first kappa shape index (κ1) is 21.1. The predicted molar refractivity (Wildman–Crippen MR) is 118 cm³/mol. The molecular formula is C24H27N3O4. The van der Waals surface area contributed by atoms with Crippen molar-refractivity contribution in [2.45, 2.75) is 38.8 Å². The highest BCUT2D eigenvalue weighted by Crippen LogP contribution is 2.21. The average Bonchev–Trinajstić information content (AvgIpc) is 3.04. The number of carbonyl (C=O) groups is 1.